The summed E-state index contributed by atoms with van der Waals surface area (Å²) >= 11 is 6.16. The van der Waals surface area contributed by atoms with Crippen LogP contribution in [-0.2, 0) is 34.6 Å². The van der Waals surface area contributed by atoms with Crippen molar-refractivity contribution < 1.29 is 40.2 Å². The molecule has 0 fully saturated rings. The van der Waals surface area contributed by atoms with Gasteiger partial charge in [-0.05, 0) is 41.8 Å². The molecule has 0 amide bonds. The SMILES string of the molecule is CC(C)(CN(CCCOc1cc(F)c(CO)c(S(C)(=O)=O)c1)Cc1cccc(C(F)(F)F)c1Cl)c1ccc(F)cc1. The molecule has 0 radical (unpaired) electrons. The van der Waals surface area contributed by atoms with E-state index in [0.717, 1.165) is 30.0 Å². The Bertz CT molecular complexity index is 1460. The Balaban J connectivity index is 1.81. The monoisotopic (exact) mass is 619 g/mol. The maximum atomic E-state index is 14.4. The van der Waals surface area contributed by atoms with Gasteiger partial charge in [0.1, 0.15) is 17.4 Å². The van der Waals surface area contributed by atoms with Crippen LogP contribution in [0.2, 0.25) is 5.02 Å². The highest BCUT2D eigenvalue weighted by Gasteiger charge is 2.34. The summed E-state index contributed by atoms with van der Waals surface area (Å²) in [4.78, 5) is 1.52. The van der Waals surface area contributed by atoms with Gasteiger partial charge in [-0.2, -0.15) is 13.2 Å². The van der Waals surface area contributed by atoms with Crippen molar-refractivity contribution in [3.05, 3.63) is 93.5 Å². The van der Waals surface area contributed by atoms with Crippen LogP contribution < -0.4 is 4.74 Å². The Labute approximate surface area is 241 Å². The van der Waals surface area contributed by atoms with Crippen LogP contribution in [0, 0.1) is 11.6 Å². The van der Waals surface area contributed by atoms with Crippen LogP contribution in [0.1, 0.15) is 42.5 Å². The number of nitrogens with zero attached hydrogens (tertiary/aromatic N) is 1. The summed E-state index contributed by atoms with van der Waals surface area (Å²) in [6.45, 7) is 3.85. The first kappa shape index (κ1) is 32.8. The van der Waals surface area contributed by atoms with Gasteiger partial charge >= 0.3 is 6.18 Å². The highest BCUT2D eigenvalue weighted by Crippen LogP contribution is 2.37. The second-order valence-corrected chi connectivity index (χ2v) is 12.8. The van der Waals surface area contributed by atoms with Crippen molar-refractivity contribution in [3.63, 3.8) is 0 Å². The number of hydrogen-bond donors (Lipinski definition) is 1. The number of alkyl halides is 3. The number of aliphatic hydroxyl groups excluding tert-OH is 1. The Morgan fingerprint density at radius 2 is 1.68 bits per heavy atom. The van der Waals surface area contributed by atoms with Gasteiger partial charge in [-0.25, -0.2) is 17.2 Å². The maximum absolute atomic E-state index is 14.4. The zero-order valence-electron chi connectivity index (χ0n) is 22.7. The molecule has 0 heterocycles. The Hall–Kier alpha value is -2.73. The third-order valence-corrected chi connectivity index (χ3v) is 8.21. The normalized spacial score (nSPS) is 12.7. The number of rotatable bonds is 12. The molecule has 12 heteroatoms. The van der Waals surface area contributed by atoms with E-state index < -0.39 is 50.3 Å². The molecule has 0 aliphatic rings. The lowest BCUT2D eigenvalue weighted by Crippen LogP contribution is -2.38. The highest BCUT2D eigenvalue weighted by molar-refractivity contribution is 7.90. The molecular weight excluding hydrogens is 589 g/mol. The van der Waals surface area contributed by atoms with Crippen molar-refractivity contribution in [2.24, 2.45) is 0 Å². The zero-order valence-corrected chi connectivity index (χ0v) is 24.3. The predicted octanol–water partition coefficient (Wildman–Crippen LogP) is 6.78. The molecule has 1 N–H and O–H groups in total. The van der Waals surface area contributed by atoms with Crippen molar-refractivity contribution in [3.8, 4) is 5.75 Å². The first-order valence-electron chi connectivity index (χ1n) is 12.6. The predicted molar refractivity (Wildman–Crippen MR) is 147 cm³/mol. The van der Waals surface area contributed by atoms with Crippen LogP contribution in [0.5, 0.6) is 5.75 Å². The average molecular weight is 620 g/mol. The van der Waals surface area contributed by atoms with Gasteiger partial charge in [0.25, 0.3) is 0 Å². The summed E-state index contributed by atoms with van der Waals surface area (Å²) in [5.41, 5.74) is -0.726. The van der Waals surface area contributed by atoms with Gasteiger partial charge < -0.3 is 9.84 Å². The molecule has 0 bridgehead atoms. The number of ether oxygens (including phenoxy) is 1. The largest absolute Gasteiger partial charge is 0.493 e. The molecule has 0 saturated carbocycles. The van der Waals surface area contributed by atoms with Crippen LogP contribution in [0.15, 0.2) is 59.5 Å². The molecule has 0 saturated heterocycles. The van der Waals surface area contributed by atoms with Crippen molar-refractivity contribution >= 4 is 21.4 Å². The van der Waals surface area contributed by atoms with Gasteiger partial charge in [-0.3, -0.25) is 4.90 Å². The van der Waals surface area contributed by atoms with E-state index in [0.29, 0.717) is 19.5 Å². The quantitative estimate of drug-likeness (QED) is 0.179. The lowest BCUT2D eigenvalue weighted by atomic mass is 9.84. The number of aliphatic hydroxyl groups is 1. The Morgan fingerprint density at radius 3 is 2.27 bits per heavy atom. The van der Waals surface area contributed by atoms with Crippen LogP contribution in [-0.4, -0.2) is 44.4 Å². The standard InChI is InChI=1S/C29H31ClF5NO4S/c1-28(2,20-8-10-21(31)11-9-20)18-36(16-19-6-4-7-24(27(19)30)29(33,34)35)12-5-13-40-22-14-25(32)23(17-37)26(15-22)41(3,38)39/h4,6-11,14-15,37H,5,12-13,16-18H2,1-3H3. The minimum absolute atomic E-state index is 0.0327. The third kappa shape index (κ3) is 8.64. The fourth-order valence-electron chi connectivity index (χ4n) is 4.56. The first-order chi connectivity index (χ1) is 19.0. The molecule has 0 unspecified atom stereocenters. The van der Waals surface area contributed by atoms with Crippen molar-refractivity contribution in [2.75, 3.05) is 26.0 Å². The summed E-state index contributed by atoms with van der Waals surface area (Å²) in [5, 5.41) is 8.98. The van der Waals surface area contributed by atoms with Crippen LogP contribution in [0.4, 0.5) is 22.0 Å². The average Bonchev–Trinajstić information content (AvgIpc) is 2.86. The van der Waals surface area contributed by atoms with Gasteiger partial charge in [0, 0.05) is 42.9 Å². The van der Waals surface area contributed by atoms with E-state index in [-0.39, 0.29) is 34.9 Å². The summed E-state index contributed by atoms with van der Waals surface area (Å²) < 4.78 is 98.0. The Kier molecular flexibility index (Phi) is 10.4. The molecule has 3 rings (SSSR count). The minimum atomic E-state index is -4.62. The van der Waals surface area contributed by atoms with Crippen LogP contribution in [0.3, 0.4) is 0 Å². The summed E-state index contributed by atoms with van der Waals surface area (Å²) in [6.07, 6.45) is -3.39. The van der Waals surface area contributed by atoms with E-state index in [2.05, 4.69) is 0 Å². The van der Waals surface area contributed by atoms with Crippen molar-refractivity contribution in [2.45, 2.75) is 49.9 Å². The smallest absolute Gasteiger partial charge is 0.417 e. The fraction of sp³-hybridized carbons (Fsp3) is 0.379. The van der Waals surface area contributed by atoms with Crippen molar-refractivity contribution in [1.29, 1.82) is 0 Å². The molecule has 0 aliphatic carbocycles. The topological polar surface area (TPSA) is 66.8 Å². The fourth-order valence-corrected chi connectivity index (χ4v) is 5.79. The van der Waals surface area contributed by atoms with E-state index >= 15 is 0 Å². The first-order valence-corrected chi connectivity index (χ1v) is 14.9. The van der Waals surface area contributed by atoms with E-state index in [1.54, 1.807) is 12.1 Å². The molecule has 224 valence electrons. The van der Waals surface area contributed by atoms with E-state index in [9.17, 15) is 35.5 Å². The molecule has 5 nitrogen and oxygen atoms in total. The summed E-state index contributed by atoms with van der Waals surface area (Å²) in [5.74, 6) is -1.36. The minimum Gasteiger partial charge on any atom is -0.493 e. The van der Waals surface area contributed by atoms with E-state index in [4.69, 9.17) is 16.3 Å². The highest BCUT2D eigenvalue weighted by atomic mass is 35.5. The molecule has 41 heavy (non-hydrogen) atoms. The van der Waals surface area contributed by atoms with E-state index in [1.165, 1.54) is 24.3 Å². The summed E-state index contributed by atoms with van der Waals surface area (Å²) in [7, 11) is -3.84. The molecule has 0 atom stereocenters. The molecular formula is C29H31ClF5NO4S. The third-order valence-electron chi connectivity index (χ3n) is 6.60. The van der Waals surface area contributed by atoms with Gasteiger partial charge in [0.05, 0.1) is 28.7 Å². The molecule has 3 aromatic rings. The second kappa shape index (κ2) is 13.1. The van der Waals surface area contributed by atoms with Gasteiger partial charge in [-0.1, -0.05) is 49.7 Å². The van der Waals surface area contributed by atoms with Crippen LogP contribution in [0.25, 0.3) is 0 Å². The van der Waals surface area contributed by atoms with Crippen LogP contribution >= 0.6 is 11.6 Å². The van der Waals surface area contributed by atoms with Gasteiger partial charge in [0.2, 0.25) is 0 Å². The molecule has 0 spiro atoms. The zero-order chi connectivity index (χ0) is 30.6. The number of hydrogen-bond acceptors (Lipinski definition) is 5. The van der Waals surface area contributed by atoms with Crippen molar-refractivity contribution in [1.82, 2.24) is 4.90 Å². The molecule has 0 aromatic heterocycles. The van der Waals surface area contributed by atoms with Gasteiger partial charge in [0.15, 0.2) is 9.84 Å². The number of sulfone groups is 1. The lowest BCUT2D eigenvalue weighted by Gasteiger charge is -2.34. The Morgan fingerprint density at radius 1 is 1.02 bits per heavy atom. The number of halogens is 6. The number of benzene rings is 3. The lowest BCUT2D eigenvalue weighted by molar-refractivity contribution is -0.137. The van der Waals surface area contributed by atoms with E-state index in [1.807, 2.05) is 18.7 Å². The molecule has 3 aromatic carbocycles. The maximum Gasteiger partial charge on any atom is 0.417 e. The summed E-state index contributed by atoms with van der Waals surface area (Å²) in [6, 6.07) is 11.8. The second-order valence-electron chi connectivity index (χ2n) is 10.4. The molecule has 0 aliphatic heterocycles. The van der Waals surface area contributed by atoms with Gasteiger partial charge in [-0.15, -0.1) is 0 Å².